The molecule has 0 unspecified atom stereocenters. The molecular formula is C17H22N2O2S. The van der Waals surface area contributed by atoms with Crippen LogP contribution in [0.15, 0.2) is 60.7 Å². The summed E-state index contributed by atoms with van der Waals surface area (Å²) in [5.74, 6) is 0.262. The van der Waals surface area contributed by atoms with Crippen molar-refractivity contribution in [2.45, 2.75) is 12.3 Å². The minimum absolute atomic E-state index is 0.0334. The first-order chi connectivity index (χ1) is 10.6. The van der Waals surface area contributed by atoms with Gasteiger partial charge >= 0.3 is 0 Å². The van der Waals surface area contributed by atoms with Crippen LogP contribution in [0.5, 0.6) is 0 Å². The number of benzene rings is 2. The fourth-order valence-corrected chi connectivity index (χ4v) is 2.91. The van der Waals surface area contributed by atoms with Gasteiger partial charge in [-0.3, -0.25) is 0 Å². The summed E-state index contributed by atoms with van der Waals surface area (Å²) in [7, 11) is -3.39. The van der Waals surface area contributed by atoms with Crippen LogP contribution in [0.4, 0.5) is 0 Å². The van der Waals surface area contributed by atoms with Crippen molar-refractivity contribution in [3.8, 4) is 0 Å². The maximum absolute atomic E-state index is 10.9. The Balaban J connectivity index is 1.98. The summed E-state index contributed by atoms with van der Waals surface area (Å²) in [6.45, 7) is 1.12. The molecule has 2 rings (SSSR count). The molecule has 0 spiro atoms. The van der Waals surface area contributed by atoms with Crippen LogP contribution in [0.2, 0.25) is 0 Å². The van der Waals surface area contributed by atoms with Crippen molar-refractivity contribution >= 4 is 10.0 Å². The van der Waals surface area contributed by atoms with Crippen molar-refractivity contribution in [3.05, 3.63) is 71.8 Å². The summed E-state index contributed by atoms with van der Waals surface area (Å²) in [5, 5.41) is 8.14. The van der Waals surface area contributed by atoms with Crippen molar-refractivity contribution in [1.82, 2.24) is 5.32 Å². The van der Waals surface area contributed by atoms with Crippen molar-refractivity contribution < 1.29 is 8.42 Å². The number of primary sulfonamides is 1. The fraction of sp³-hybridized carbons (Fsp3) is 0.294. The lowest BCUT2D eigenvalue weighted by molar-refractivity contribution is 0.586. The van der Waals surface area contributed by atoms with E-state index in [0.29, 0.717) is 12.5 Å². The van der Waals surface area contributed by atoms with Gasteiger partial charge in [0.25, 0.3) is 0 Å². The first kappa shape index (κ1) is 16.7. The Morgan fingerprint density at radius 1 is 0.864 bits per heavy atom. The van der Waals surface area contributed by atoms with Crippen molar-refractivity contribution in [2.75, 3.05) is 18.8 Å². The van der Waals surface area contributed by atoms with Gasteiger partial charge in [-0.1, -0.05) is 60.7 Å². The van der Waals surface area contributed by atoms with Crippen molar-refractivity contribution in [1.29, 1.82) is 0 Å². The first-order valence-electron chi connectivity index (χ1n) is 7.37. The van der Waals surface area contributed by atoms with Crippen molar-refractivity contribution in [3.63, 3.8) is 0 Å². The topological polar surface area (TPSA) is 72.2 Å². The van der Waals surface area contributed by atoms with E-state index in [2.05, 4.69) is 29.6 Å². The molecule has 5 heteroatoms. The van der Waals surface area contributed by atoms with Gasteiger partial charge in [0.15, 0.2) is 0 Å². The number of hydrogen-bond acceptors (Lipinski definition) is 3. The molecule has 0 aliphatic carbocycles. The smallest absolute Gasteiger partial charge is 0.210 e. The van der Waals surface area contributed by atoms with E-state index in [1.165, 1.54) is 11.1 Å². The Hall–Kier alpha value is -1.69. The highest BCUT2D eigenvalue weighted by Crippen LogP contribution is 2.27. The summed E-state index contributed by atoms with van der Waals surface area (Å²) in [4.78, 5) is 0. The number of sulfonamides is 1. The van der Waals surface area contributed by atoms with E-state index in [0.717, 1.165) is 13.0 Å². The highest BCUT2D eigenvalue weighted by Gasteiger charge is 2.13. The van der Waals surface area contributed by atoms with Crippen LogP contribution in [-0.4, -0.2) is 27.3 Å². The third-order valence-electron chi connectivity index (χ3n) is 3.58. The predicted octanol–water partition coefficient (Wildman–Crippen LogP) is 2.09. The van der Waals surface area contributed by atoms with Gasteiger partial charge in [0, 0.05) is 12.5 Å². The van der Waals surface area contributed by atoms with Gasteiger partial charge in [0.2, 0.25) is 10.0 Å². The Labute approximate surface area is 132 Å². The number of hydrogen-bond donors (Lipinski definition) is 2. The van der Waals surface area contributed by atoms with Gasteiger partial charge in [0.05, 0.1) is 5.75 Å². The fourth-order valence-electron chi connectivity index (χ4n) is 2.48. The average molecular weight is 318 g/mol. The van der Waals surface area contributed by atoms with Crippen LogP contribution in [0.25, 0.3) is 0 Å². The molecule has 0 aromatic heterocycles. The van der Waals surface area contributed by atoms with Gasteiger partial charge in [-0.05, 0) is 24.1 Å². The second-order valence-corrected chi connectivity index (χ2v) is 7.01. The lowest BCUT2D eigenvalue weighted by Crippen LogP contribution is -2.28. The van der Waals surface area contributed by atoms with Crippen LogP contribution < -0.4 is 10.5 Å². The quantitative estimate of drug-likeness (QED) is 0.732. The zero-order valence-corrected chi connectivity index (χ0v) is 13.3. The minimum Gasteiger partial charge on any atom is -0.316 e. The lowest BCUT2D eigenvalue weighted by Gasteiger charge is -2.18. The summed E-state index contributed by atoms with van der Waals surface area (Å²) < 4.78 is 21.8. The summed E-state index contributed by atoms with van der Waals surface area (Å²) in [6, 6.07) is 20.7. The molecule has 0 amide bonds. The van der Waals surface area contributed by atoms with Crippen LogP contribution in [0.1, 0.15) is 23.5 Å². The van der Waals surface area contributed by atoms with Crippen LogP contribution in [-0.2, 0) is 10.0 Å². The van der Waals surface area contributed by atoms with Gasteiger partial charge in [-0.25, -0.2) is 13.6 Å². The predicted molar refractivity (Wildman–Crippen MR) is 90.2 cm³/mol. The molecule has 0 radical (unpaired) electrons. The monoisotopic (exact) mass is 318 g/mol. The number of rotatable bonds is 8. The second-order valence-electron chi connectivity index (χ2n) is 5.28. The molecule has 0 saturated heterocycles. The number of nitrogens with two attached hydrogens (primary N) is 1. The first-order valence-corrected chi connectivity index (χ1v) is 9.09. The molecule has 0 bridgehead atoms. The normalized spacial score (nSPS) is 11.7. The molecule has 2 aromatic rings. The highest BCUT2D eigenvalue weighted by atomic mass is 32.2. The Bertz CT molecular complexity index is 618. The van der Waals surface area contributed by atoms with Crippen molar-refractivity contribution in [2.24, 2.45) is 5.14 Å². The van der Waals surface area contributed by atoms with Crippen LogP contribution in [0.3, 0.4) is 0 Å². The largest absolute Gasteiger partial charge is 0.316 e. The maximum atomic E-state index is 10.9. The number of nitrogens with one attached hydrogen (secondary N) is 1. The second kappa shape index (κ2) is 8.08. The van der Waals surface area contributed by atoms with Gasteiger partial charge in [-0.2, -0.15) is 0 Å². The van der Waals surface area contributed by atoms with E-state index in [1.54, 1.807) is 0 Å². The van der Waals surface area contributed by atoms with Gasteiger partial charge in [0.1, 0.15) is 0 Å². The van der Waals surface area contributed by atoms with Gasteiger partial charge < -0.3 is 5.32 Å². The highest BCUT2D eigenvalue weighted by molar-refractivity contribution is 7.89. The molecule has 118 valence electrons. The third kappa shape index (κ3) is 5.60. The molecule has 2 aromatic carbocycles. The zero-order valence-electron chi connectivity index (χ0n) is 12.5. The van der Waals surface area contributed by atoms with E-state index in [1.807, 2.05) is 36.4 Å². The molecule has 4 nitrogen and oxygen atoms in total. The average Bonchev–Trinajstić information content (AvgIpc) is 2.51. The third-order valence-corrected chi connectivity index (χ3v) is 4.35. The molecular weight excluding hydrogens is 296 g/mol. The Morgan fingerprint density at radius 3 is 1.82 bits per heavy atom. The molecule has 3 N–H and O–H groups in total. The van der Waals surface area contributed by atoms with E-state index in [4.69, 9.17) is 5.14 Å². The Morgan fingerprint density at radius 2 is 1.36 bits per heavy atom. The SMILES string of the molecule is NS(=O)(=O)CCNCCC(c1ccccc1)c1ccccc1. The van der Waals surface area contributed by atoms with Crippen LogP contribution in [0, 0.1) is 0 Å². The minimum atomic E-state index is -3.39. The van der Waals surface area contributed by atoms with E-state index < -0.39 is 10.0 Å². The summed E-state index contributed by atoms with van der Waals surface area (Å²) in [6.07, 6.45) is 0.901. The molecule has 22 heavy (non-hydrogen) atoms. The standard InChI is InChI=1S/C17H22N2O2S/c18-22(20,21)14-13-19-12-11-17(15-7-3-1-4-8-15)16-9-5-2-6-10-16/h1-10,17,19H,11-14H2,(H2,18,20,21). The van der Waals surface area contributed by atoms with Crippen LogP contribution >= 0.6 is 0 Å². The van der Waals surface area contributed by atoms with E-state index >= 15 is 0 Å². The zero-order chi connectivity index (χ0) is 15.8. The molecule has 0 heterocycles. The van der Waals surface area contributed by atoms with E-state index in [-0.39, 0.29) is 5.75 Å². The molecule has 0 fully saturated rings. The summed E-state index contributed by atoms with van der Waals surface area (Å²) >= 11 is 0. The molecule has 0 aliphatic heterocycles. The molecule has 0 aliphatic rings. The van der Waals surface area contributed by atoms with Gasteiger partial charge in [-0.15, -0.1) is 0 Å². The van der Waals surface area contributed by atoms with E-state index in [9.17, 15) is 8.42 Å². The Kier molecular flexibility index (Phi) is 6.12. The molecule has 0 atom stereocenters. The molecule has 0 saturated carbocycles. The maximum Gasteiger partial charge on any atom is 0.210 e. The lowest BCUT2D eigenvalue weighted by atomic mass is 9.88. The summed E-state index contributed by atoms with van der Waals surface area (Å²) in [5.41, 5.74) is 2.53.